The van der Waals surface area contributed by atoms with E-state index in [9.17, 15) is 0 Å². The molecule has 3 nitrogen and oxygen atoms in total. The molecule has 2 heterocycles. The van der Waals surface area contributed by atoms with Crippen LogP contribution in [0, 0.1) is 0 Å². The molecule has 0 fully saturated rings. The van der Waals surface area contributed by atoms with Gasteiger partial charge in [0, 0.05) is 33.7 Å². The van der Waals surface area contributed by atoms with Crippen molar-refractivity contribution in [2.45, 2.75) is 0 Å². The molecule has 0 radical (unpaired) electrons. The Bertz CT molecular complexity index is 2870. The molecule has 10 aromatic rings. The number of para-hydroxylation sites is 1. The number of anilines is 3. The third kappa shape index (κ3) is 4.56. The highest BCUT2D eigenvalue weighted by molar-refractivity contribution is 6.24. The molecule has 0 N–H and O–H groups in total. The molecule has 0 aliphatic rings. The summed E-state index contributed by atoms with van der Waals surface area (Å²) in [7, 11) is 0. The summed E-state index contributed by atoms with van der Waals surface area (Å²) in [6.07, 6.45) is 6.38. The van der Waals surface area contributed by atoms with Gasteiger partial charge in [-0.05, 0) is 98.7 Å². The fraction of sp³-hybridized carbons (Fsp3) is 0. The smallest absolute Gasteiger partial charge is 0.137 e. The largest absolute Gasteiger partial charge is 0.309 e. The molecule has 0 unspecified atom stereocenters. The maximum Gasteiger partial charge on any atom is 0.137 e. The van der Waals surface area contributed by atoms with E-state index in [0.717, 1.165) is 17.2 Å². The zero-order chi connectivity index (χ0) is 33.0. The van der Waals surface area contributed by atoms with Crippen LogP contribution in [0.5, 0.6) is 0 Å². The van der Waals surface area contributed by atoms with Gasteiger partial charge in [0.1, 0.15) is 5.82 Å². The van der Waals surface area contributed by atoms with Gasteiger partial charge in [-0.2, -0.15) is 0 Å². The van der Waals surface area contributed by atoms with Crippen molar-refractivity contribution in [2.75, 3.05) is 4.90 Å². The van der Waals surface area contributed by atoms with E-state index in [2.05, 4.69) is 179 Å². The Morgan fingerprint density at radius 2 is 1.22 bits per heavy atom. The van der Waals surface area contributed by atoms with Crippen LogP contribution in [-0.2, 0) is 0 Å². The van der Waals surface area contributed by atoms with Crippen molar-refractivity contribution in [1.82, 2.24) is 9.55 Å². The zero-order valence-electron chi connectivity index (χ0n) is 27.2. The Kier molecular flexibility index (Phi) is 6.49. The van der Waals surface area contributed by atoms with Crippen molar-refractivity contribution < 1.29 is 0 Å². The number of hydrogen-bond acceptors (Lipinski definition) is 2. The minimum Gasteiger partial charge on any atom is -0.309 e. The Morgan fingerprint density at radius 3 is 2.10 bits per heavy atom. The van der Waals surface area contributed by atoms with Crippen molar-refractivity contribution in [3.05, 3.63) is 187 Å². The van der Waals surface area contributed by atoms with Crippen LogP contribution in [0.3, 0.4) is 0 Å². The second kappa shape index (κ2) is 11.5. The van der Waals surface area contributed by atoms with Crippen molar-refractivity contribution in [2.24, 2.45) is 0 Å². The molecule has 10 rings (SSSR count). The fourth-order valence-electron chi connectivity index (χ4n) is 7.70. The highest BCUT2D eigenvalue weighted by Crippen LogP contribution is 2.42. The molecule has 0 saturated carbocycles. The lowest BCUT2D eigenvalue weighted by molar-refractivity contribution is 1.18. The van der Waals surface area contributed by atoms with Crippen molar-refractivity contribution in [1.29, 1.82) is 0 Å². The number of fused-ring (bicyclic) bond motifs is 2. The van der Waals surface area contributed by atoms with Gasteiger partial charge in [-0.15, -0.1) is 0 Å². The third-order valence-electron chi connectivity index (χ3n) is 9.93. The number of rotatable bonds is 6. The van der Waals surface area contributed by atoms with Gasteiger partial charge in [-0.3, -0.25) is 4.90 Å². The standard InChI is InChI=1S/C47H31N3/c1-2-14-38(15-3-1)49-43-18-10-13-35-22-23-37-29-32(30-44(49)47(37)46(35)43)20-21-34-25-27-42(41-17-7-6-16-40(34)41)50(45-19-8-9-28-48-45)39-26-24-33-11-4-5-12-36(33)31-39/h1-31H. The molecule has 0 spiro atoms. The van der Waals surface area contributed by atoms with E-state index < -0.39 is 0 Å². The van der Waals surface area contributed by atoms with Crippen molar-refractivity contribution in [3.8, 4) is 5.69 Å². The summed E-state index contributed by atoms with van der Waals surface area (Å²) < 4.78 is 2.41. The van der Waals surface area contributed by atoms with Crippen molar-refractivity contribution in [3.63, 3.8) is 0 Å². The zero-order valence-corrected chi connectivity index (χ0v) is 27.2. The SMILES string of the molecule is C(=Cc1ccc(N(c2ccc3ccccc3c2)c2ccccn2)c2ccccc12)c1cc2ccc3cccc4c3c2c(c1)n4-c1ccccc1. The fourth-order valence-corrected chi connectivity index (χ4v) is 7.70. The average molecular weight is 638 g/mol. The van der Waals surface area contributed by atoms with E-state index in [4.69, 9.17) is 4.98 Å². The topological polar surface area (TPSA) is 21.1 Å². The van der Waals surface area contributed by atoms with Gasteiger partial charge < -0.3 is 4.57 Å². The molecule has 8 aromatic carbocycles. The summed E-state index contributed by atoms with van der Waals surface area (Å²) in [6, 6.07) is 60.9. The third-order valence-corrected chi connectivity index (χ3v) is 9.93. The van der Waals surface area contributed by atoms with Gasteiger partial charge in [0.05, 0.1) is 16.7 Å². The lowest BCUT2D eigenvalue weighted by Gasteiger charge is -2.26. The highest BCUT2D eigenvalue weighted by Gasteiger charge is 2.19. The number of nitrogens with zero attached hydrogens (tertiary/aromatic N) is 3. The first-order chi connectivity index (χ1) is 24.8. The monoisotopic (exact) mass is 637 g/mol. The number of benzene rings is 8. The summed E-state index contributed by atoms with van der Waals surface area (Å²) in [5.74, 6) is 0.878. The predicted molar refractivity (Wildman–Crippen MR) is 212 cm³/mol. The van der Waals surface area contributed by atoms with Crippen LogP contribution < -0.4 is 4.90 Å². The molecule has 2 aromatic heterocycles. The van der Waals surface area contributed by atoms with Gasteiger partial charge in [-0.25, -0.2) is 4.98 Å². The van der Waals surface area contributed by atoms with Gasteiger partial charge >= 0.3 is 0 Å². The van der Waals surface area contributed by atoms with Gasteiger partial charge in [0.2, 0.25) is 0 Å². The summed E-state index contributed by atoms with van der Waals surface area (Å²) in [5, 5.41) is 9.93. The van der Waals surface area contributed by atoms with Crippen LogP contribution >= 0.6 is 0 Å². The van der Waals surface area contributed by atoms with E-state index in [1.807, 2.05) is 18.3 Å². The average Bonchev–Trinajstić information content (AvgIpc) is 3.52. The number of hydrogen-bond donors (Lipinski definition) is 0. The van der Waals surface area contributed by atoms with E-state index >= 15 is 0 Å². The molecule has 0 aliphatic carbocycles. The maximum atomic E-state index is 4.81. The molecule has 0 bridgehead atoms. The number of pyridine rings is 1. The minimum atomic E-state index is 0.878. The minimum absolute atomic E-state index is 0.878. The van der Waals surface area contributed by atoms with E-state index in [-0.39, 0.29) is 0 Å². The normalized spacial score (nSPS) is 11.9. The van der Waals surface area contributed by atoms with Gasteiger partial charge in [-0.1, -0.05) is 121 Å². The molecular weight excluding hydrogens is 607 g/mol. The van der Waals surface area contributed by atoms with Gasteiger partial charge in [0.15, 0.2) is 0 Å². The van der Waals surface area contributed by atoms with Crippen LogP contribution in [0.15, 0.2) is 176 Å². The first kappa shape index (κ1) is 28.3. The molecular formula is C47H31N3. The molecule has 3 heteroatoms. The number of aromatic nitrogens is 2. The van der Waals surface area contributed by atoms with Crippen LogP contribution in [0.2, 0.25) is 0 Å². The van der Waals surface area contributed by atoms with E-state index in [1.54, 1.807) is 0 Å². The quantitative estimate of drug-likeness (QED) is 0.134. The van der Waals surface area contributed by atoms with Gasteiger partial charge in [0.25, 0.3) is 0 Å². The van der Waals surface area contributed by atoms with Crippen LogP contribution in [0.25, 0.3) is 72.0 Å². The summed E-state index contributed by atoms with van der Waals surface area (Å²) >= 11 is 0. The van der Waals surface area contributed by atoms with Crippen LogP contribution in [-0.4, -0.2) is 9.55 Å². The Balaban J connectivity index is 1.12. The molecule has 0 amide bonds. The maximum absolute atomic E-state index is 4.81. The molecule has 0 aliphatic heterocycles. The first-order valence-electron chi connectivity index (χ1n) is 17.0. The summed E-state index contributed by atoms with van der Waals surface area (Å²) in [5.41, 5.74) is 8.12. The second-order valence-electron chi connectivity index (χ2n) is 12.9. The summed E-state index contributed by atoms with van der Waals surface area (Å²) in [4.78, 5) is 7.08. The summed E-state index contributed by atoms with van der Waals surface area (Å²) in [6.45, 7) is 0. The Labute approximate surface area is 289 Å². The van der Waals surface area contributed by atoms with Crippen molar-refractivity contribution >= 4 is 83.5 Å². The lowest BCUT2D eigenvalue weighted by Crippen LogP contribution is -2.12. The first-order valence-corrected chi connectivity index (χ1v) is 17.0. The second-order valence-corrected chi connectivity index (χ2v) is 12.9. The van der Waals surface area contributed by atoms with E-state index in [1.165, 1.54) is 70.9 Å². The molecule has 234 valence electrons. The lowest BCUT2D eigenvalue weighted by atomic mass is 9.98. The molecule has 0 atom stereocenters. The Hall–Kier alpha value is -6.71. The molecule has 50 heavy (non-hydrogen) atoms. The molecule has 0 saturated heterocycles. The van der Waals surface area contributed by atoms with Crippen LogP contribution in [0.1, 0.15) is 11.1 Å². The Morgan fingerprint density at radius 1 is 0.480 bits per heavy atom. The van der Waals surface area contributed by atoms with E-state index in [0.29, 0.717) is 0 Å². The predicted octanol–water partition coefficient (Wildman–Crippen LogP) is 12.7. The highest BCUT2D eigenvalue weighted by atomic mass is 15.2. The van der Waals surface area contributed by atoms with Crippen LogP contribution in [0.4, 0.5) is 17.2 Å².